The van der Waals surface area contributed by atoms with E-state index in [0.29, 0.717) is 17.2 Å². The Bertz CT molecular complexity index is 819. The van der Waals surface area contributed by atoms with Gasteiger partial charge in [-0.1, -0.05) is 12.2 Å². The summed E-state index contributed by atoms with van der Waals surface area (Å²) in [4.78, 5) is 27.2. The maximum absolute atomic E-state index is 13.0. The number of hydrogen-bond acceptors (Lipinski definition) is 6. The van der Waals surface area contributed by atoms with Crippen LogP contribution in [0, 0.1) is 11.8 Å². The number of carbonyl (C=O) groups excluding carboxylic acids is 2. The summed E-state index contributed by atoms with van der Waals surface area (Å²) in [6.07, 6.45) is 3.49. The van der Waals surface area contributed by atoms with Gasteiger partial charge in [0, 0.05) is 6.07 Å². The van der Waals surface area contributed by atoms with Gasteiger partial charge < -0.3 is 19.3 Å². The molecule has 7 heteroatoms. The fourth-order valence-corrected chi connectivity index (χ4v) is 4.32. The number of benzene rings is 1. The minimum absolute atomic E-state index is 0.120. The maximum Gasteiger partial charge on any atom is 0.241 e. The van der Waals surface area contributed by atoms with Crippen molar-refractivity contribution in [3.05, 3.63) is 30.4 Å². The van der Waals surface area contributed by atoms with Crippen molar-refractivity contribution in [2.24, 2.45) is 11.8 Å². The number of hydrogen-bond donors (Lipinski definition) is 1. The monoisotopic (exact) mass is 329 g/mol. The average Bonchev–Trinajstić information content (AvgIpc) is 3.27. The third-order valence-electron chi connectivity index (χ3n) is 5.42. The van der Waals surface area contributed by atoms with Crippen LogP contribution < -0.4 is 14.4 Å². The first-order chi connectivity index (χ1) is 11.5. The van der Waals surface area contributed by atoms with Crippen molar-refractivity contribution in [1.82, 2.24) is 0 Å². The number of fused-ring (bicyclic) bond motifs is 6. The van der Waals surface area contributed by atoms with Crippen molar-refractivity contribution in [3.63, 3.8) is 0 Å². The molecule has 2 saturated heterocycles. The Morgan fingerprint density at radius 2 is 1.92 bits per heavy atom. The van der Waals surface area contributed by atoms with E-state index in [1.54, 1.807) is 37.3 Å². The van der Waals surface area contributed by atoms with Gasteiger partial charge in [0.25, 0.3) is 0 Å². The van der Waals surface area contributed by atoms with E-state index in [0.717, 1.165) is 0 Å². The highest BCUT2D eigenvalue weighted by molar-refractivity contribution is 6.23. The molecule has 7 nitrogen and oxygen atoms in total. The molecule has 2 amide bonds. The van der Waals surface area contributed by atoms with Crippen LogP contribution in [0.3, 0.4) is 0 Å². The first kappa shape index (κ1) is 14.0. The second kappa shape index (κ2) is 4.17. The molecule has 0 aromatic heterocycles. The first-order valence-electron chi connectivity index (χ1n) is 7.78. The molecule has 4 aliphatic rings. The van der Waals surface area contributed by atoms with Crippen LogP contribution in [-0.4, -0.2) is 41.5 Å². The normalized spacial score (nSPS) is 38.3. The Morgan fingerprint density at radius 3 is 2.71 bits per heavy atom. The maximum atomic E-state index is 13.0. The summed E-state index contributed by atoms with van der Waals surface area (Å²) in [5, 5.41) is 9.80. The van der Waals surface area contributed by atoms with Crippen LogP contribution >= 0.6 is 0 Å². The van der Waals surface area contributed by atoms with E-state index in [9.17, 15) is 14.7 Å². The molecule has 124 valence electrons. The van der Waals surface area contributed by atoms with E-state index in [1.807, 2.05) is 0 Å². The second-order valence-electron chi connectivity index (χ2n) is 6.74. The van der Waals surface area contributed by atoms with Crippen molar-refractivity contribution < 1.29 is 28.9 Å². The lowest BCUT2D eigenvalue weighted by Crippen LogP contribution is -2.43. The van der Waals surface area contributed by atoms with Crippen LogP contribution in [0.1, 0.15) is 6.92 Å². The Labute approximate surface area is 137 Å². The molecule has 1 aromatic rings. The zero-order valence-corrected chi connectivity index (χ0v) is 12.9. The van der Waals surface area contributed by atoms with E-state index in [1.165, 1.54) is 4.90 Å². The van der Waals surface area contributed by atoms with Gasteiger partial charge in [-0.15, -0.1) is 0 Å². The largest absolute Gasteiger partial charge is 0.454 e. The summed E-state index contributed by atoms with van der Waals surface area (Å²) in [7, 11) is 0. The Balaban J connectivity index is 1.59. The van der Waals surface area contributed by atoms with Crippen molar-refractivity contribution in [3.8, 4) is 11.5 Å². The number of ether oxygens (including phenoxy) is 3. The minimum atomic E-state index is -1.11. The lowest BCUT2D eigenvalue weighted by atomic mass is 9.73. The highest BCUT2D eigenvalue weighted by Crippen LogP contribution is 2.57. The molecule has 0 unspecified atom stereocenters. The molecule has 0 spiro atoms. The summed E-state index contributed by atoms with van der Waals surface area (Å²) < 4.78 is 16.5. The fraction of sp³-hybridized carbons (Fsp3) is 0.412. The van der Waals surface area contributed by atoms with Crippen LogP contribution in [0.15, 0.2) is 30.4 Å². The molecule has 1 N–H and O–H groups in total. The summed E-state index contributed by atoms with van der Waals surface area (Å²) in [6, 6.07) is 4.97. The topological polar surface area (TPSA) is 85.3 Å². The number of nitrogens with zero attached hydrogens (tertiary/aromatic N) is 1. The number of imide groups is 1. The van der Waals surface area contributed by atoms with E-state index in [-0.39, 0.29) is 25.2 Å². The average molecular weight is 329 g/mol. The molecular formula is C17H15NO6. The van der Waals surface area contributed by atoms with E-state index in [2.05, 4.69) is 0 Å². The van der Waals surface area contributed by atoms with Gasteiger partial charge in [0.05, 0.1) is 29.7 Å². The molecular weight excluding hydrogens is 314 g/mol. The molecule has 0 saturated carbocycles. The highest BCUT2D eigenvalue weighted by Gasteiger charge is 2.72. The summed E-state index contributed by atoms with van der Waals surface area (Å²) in [6.45, 7) is 1.56. The third kappa shape index (κ3) is 1.44. The quantitative estimate of drug-likeness (QED) is 0.632. The SMILES string of the molecule is C[C@@]12C=C[C@@](CO)(O1)[C@@H]1C(=O)N(c3ccc4c(c3)OCO4)C(=O)[C@H]12. The van der Waals surface area contributed by atoms with Crippen LogP contribution in [0.2, 0.25) is 0 Å². The zero-order chi connectivity index (χ0) is 16.7. The van der Waals surface area contributed by atoms with Gasteiger partial charge >= 0.3 is 0 Å². The van der Waals surface area contributed by atoms with Gasteiger partial charge in [0.1, 0.15) is 5.60 Å². The zero-order valence-electron chi connectivity index (χ0n) is 12.9. The van der Waals surface area contributed by atoms with Crippen LogP contribution in [0.5, 0.6) is 11.5 Å². The summed E-state index contributed by atoms with van der Waals surface area (Å²) in [5.74, 6) is -0.924. The van der Waals surface area contributed by atoms with Crippen molar-refractivity contribution >= 4 is 17.5 Å². The van der Waals surface area contributed by atoms with Crippen LogP contribution in [0.25, 0.3) is 0 Å². The Kier molecular flexibility index (Phi) is 2.43. The molecule has 24 heavy (non-hydrogen) atoms. The standard InChI is InChI=1S/C17H15NO6/c1-16-4-5-17(7-19,24-16)13-12(16)14(20)18(15(13)21)9-2-3-10-11(6-9)23-8-22-10/h2-6,12-13,19H,7-8H2,1H3/t12-,13-,16-,17-/m0/s1. The lowest BCUT2D eigenvalue weighted by molar-refractivity contribution is -0.131. The van der Waals surface area contributed by atoms with Crippen LogP contribution in [0.4, 0.5) is 5.69 Å². The fourth-order valence-electron chi connectivity index (χ4n) is 4.32. The molecule has 4 aliphatic heterocycles. The number of aliphatic hydroxyl groups excluding tert-OH is 1. The predicted octanol–water partition coefficient (Wildman–Crippen LogP) is 0.611. The molecule has 0 aliphatic carbocycles. The van der Waals surface area contributed by atoms with Gasteiger partial charge in [-0.2, -0.15) is 0 Å². The van der Waals surface area contributed by atoms with E-state index in [4.69, 9.17) is 14.2 Å². The smallest absolute Gasteiger partial charge is 0.241 e. The first-order valence-corrected chi connectivity index (χ1v) is 7.78. The minimum Gasteiger partial charge on any atom is -0.454 e. The van der Waals surface area contributed by atoms with E-state index < -0.39 is 23.0 Å². The van der Waals surface area contributed by atoms with Gasteiger partial charge in [0.2, 0.25) is 18.6 Å². The van der Waals surface area contributed by atoms with Gasteiger partial charge in [-0.05, 0) is 19.1 Å². The molecule has 4 heterocycles. The molecule has 4 atom stereocenters. The molecule has 0 radical (unpaired) electrons. The van der Waals surface area contributed by atoms with Gasteiger partial charge in [0.15, 0.2) is 11.5 Å². The molecule has 1 aromatic carbocycles. The molecule has 5 rings (SSSR count). The lowest BCUT2D eigenvalue weighted by Gasteiger charge is -2.27. The van der Waals surface area contributed by atoms with Crippen molar-refractivity contribution in [1.29, 1.82) is 0 Å². The van der Waals surface area contributed by atoms with Crippen molar-refractivity contribution in [2.45, 2.75) is 18.1 Å². The highest BCUT2D eigenvalue weighted by atomic mass is 16.7. The number of anilines is 1. The van der Waals surface area contributed by atoms with Gasteiger partial charge in [-0.3, -0.25) is 9.59 Å². The van der Waals surface area contributed by atoms with Crippen LogP contribution in [-0.2, 0) is 14.3 Å². The summed E-state index contributed by atoms with van der Waals surface area (Å²) >= 11 is 0. The predicted molar refractivity (Wildman–Crippen MR) is 80.5 cm³/mol. The molecule has 2 bridgehead atoms. The van der Waals surface area contributed by atoms with Crippen molar-refractivity contribution in [2.75, 3.05) is 18.3 Å². The number of amides is 2. The number of carbonyl (C=O) groups is 2. The molecule has 2 fully saturated rings. The van der Waals surface area contributed by atoms with Gasteiger partial charge in [-0.25, -0.2) is 4.90 Å². The number of aliphatic hydroxyl groups is 1. The Morgan fingerprint density at radius 1 is 1.17 bits per heavy atom. The third-order valence-corrected chi connectivity index (χ3v) is 5.42. The number of rotatable bonds is 2. The second-order valence-corrected chi connectivity index (χ2v) is 6.74. The van der Waals surface area contributed by atoms with E-state index >= 15 is 0 Å². The summed E-state index contributed by atoms with van der Waals surface area (Å²) in [5.41, 5.74) is -1.54. The Hall–Kier alpha value is -2.38.